The van der Waals surface area contributed by atoms with Crippen LogP contribution in [0.3, 0.4) is 0 Å². The normalized spacial score (nSPS) is 21.3. The molecule has 4 aliphatic carbocycles. The van der Waals surface area contributed by atoms with E-state index >= 15 is 0 Å². The van der Waals surface area contributed by atoms with Crippen molar-refractivity contribution in [3.8, 4) is 40.6 Å². The number of nitrogens with zero attached hydrogens (tertiary/aromatic N) is 1. The van der Waals surface area contributed by atoms with Crippen molar-refractivity contribution in [1.82, 2.24) is 0 Å². The van der Waals surface area contributed by atoms with Gasteiger partial charge in [0.15, 0.2) is 0 Å². The van der Waals surface area contributed by atoms with Gasteiger partial charge >= 0.3 is 0 Å². The fraction of sp³-hybridized carbons (Fsp3) is 0.245. The topological polar surface area (TPSA) is 179 Å². The molecule has 6 aromatic rings. The zero-order valence-corrected chi connectivity index (χ0v) is 37.2. The SMILES string of the molecule is Cc1ccc(Oc2cccc(Oc3ccc(C45CC6CC(CC(c7ccc(Oc8ccc(S(=O)(=O)c9ccc(C)c(SOOO)c9)cc8S(=O)(=O)O)cc7)(C6)C4)C5)cc3)c2C#N)cc1. The molecule has 0 radical (unpaired) electrons. The van der Waals surface area contributed by atoms with Crippen molar-refractivity contribution in [2.45, 2.75) is 82.8 Å². The van der Waals surface area contributed by atoms with Crippen molar-refractivity contribution in [2.24, 2.45) is 11.8 Å². The summed E-state index contributed by atoms with van der Waals surface area (Å²) in [6, 6.07) is 38.6. The first-order chi connectivity index (χ1) is 30.7. The molecule has 10 rings (SSSR count). The molecule has 0 aliphatic heterocycles. The number of hydrogen-bond acceptors (Lipinski definition) is 12. The maximum Gasteiger partial charge on any atom is 0.298 e. The molecule has 328 valence electrons. The largest absolute Gasteiger partial charge is 0.456 e. The van der Waals surface area contributed by atoms with Gasteiger partial charge in [0.2, 0.25) is 9.84 Å². The van der Waals surface area contributed by atoms with Gasteiger partial charge in [-0.1, -0.05) is 59.1 Å². The van der Waals surface area contributed by atoms with Crippen LogP contribution in [0.2, 0.25) is 0 Å². The second kappa shape index (κ2) is 17.0. The molecule has 0 amide bonds. The molecule has 0 saturated heterocycles. The van der Waals surface area contributed by atoms with Crippen LogP contribution in [-0.2, 0) is 40.2 Å². The maximum absolute atomic E-state index is 13.6. The summed E-state index contributed by atoms with van der Waals surface area (Å²) in [5, 5.41) is 22.3. The van der Waals surface area contributed by atoms with Crippen molar-refractivity contribution >= 4 is 32.0 Å². The van der Waals surface area contributed by atoms with Gasteiger partial charge in [-0.3, -0.25) is 4.55 Å². The maximum atomic E-state index is 13.6. The highest BCUT2D eigenvalue weighted by atomic mass is 32.2. The van der Waals surface area contributed by atoms with Crippen LogP contribution in [-0.4, -0.2) is 26.6 Å². The Labute approximate surface area is 376 Å². The third kappa shape index (κ3) is 8.50. The number of ether oxygens (including phenoxy) is 3. The predicted octanol–water partition coefficient (Wildman–Crippen LogP) is 11.8. The van der Waals surface area contributed by atoms with E-state index in [-0.39, 0.29) is 26.4 Å². The first-order valence-electron chi connectivity index (χ1n) is 20.6. The van der Waals surface area contributed by atoms with E-state index in [0.717, 1.165) is 43.7 Å². The Morgan fingerprint density at radius 1 is 0.656 bits per heavy atom. The Morgan fingerprint density at radius 3 is 1.67 bits per heavy atom. The van der Waals surface area contributed by atoms with E-state index in [9.17, 15) is 26.7 Å². The number of nitriles is 1. The second-order valence-electron chi connectivity index (χ2n) is 17.2. The summed E-state index contributed by atoms with van der Waals surface area (Å²) in [4.78, 5) is -0.940. The van der Waals surface area contributed by atoms with E-state index in [0.29, 0.717) is 68.6 Å². The first-order valence-corrected chi connectivity index (χ1v) is 24.3. The van der Waals surface area contributed by atoms with Gasteiger partial charge in [0.05, 0.1) is 21.8 Å². The zero-order chi connectivity index (χ0) is 44.9. The lowest BCUT2D eigenvalue weighted by atomic mass is 9.42. The minimum Gasteiger partial charge on any atom is -0.456 e. The third-order valence-electron chi connectivity index (χ3n) is 12.9. The molecule has 0 spiro atoms. The summed E-state index contributed by atoms with van der Waals surface area (Å²) in [6.45, 7) is 3.70. The average molecular weight is 918 g/mol. The minimum absolute atomic E-state index is 0.0233. The molecule has 0 aromatic heterocycles. The predicted molar refractivity (Wildman–Crippen MR) is 237 cm³/mol. The summed E-state index contributed by atoms with van der Waals surface area (Å²) >= 11 is 0.593. The summed E-state index contributed by atoms with van der Waals surface area (Å²) in [5.41, 5.74) is 4.41. The van der Waals surface area contributed by atoms with Crippen LogP contribution in [0, 0.1) is 37.0 Å². The van der Waals surface area contributed by atoms with Crippen LogP contribution >= 0.6 is 12.0 Å². The highest BCUT2D eigenvalue weighted by molar-refractivity contribution is 7.94. The van der Waals surface area contributed by atoms with E-state index in [1.165, 1.54) is 47.9 Å². The van der Waals surface area contributed by atoms with Gasteiger partial charge in [-0.15, -0.1) is 4.33 Å². The Balaban J connectivity index is 0.928. The zero-order valence-electron chi connectivity index (χ0n) is 34.8. The highest BCUT2D eigenvalue weighted by Gasteiger charge is 2.58. The fourth-order valence-electron chi connectivity index (χ4n) is 10.4. The second-order valence-corrected chi connectivity index (χ2v) is 21.3. The van der Waals surface area contributed by atoms with E-state index in [1.807, 2.05) is 61.5 Å². The molecule has 4 bridgehead atoms. The lowest BCUT2D eigenvalue weighted by molar-refractivity contribution is -0.432. The number of sulfone groups is 1. The molecule has 4 fully saturated rings. The summed E-state index contributed by atoms with van der Waals surface area (Å²) < 4.78 is 85.6. The molecular weight excluding hydrogens is 875 g/mol. The Morgan fingerprint density at radius 2 is 1.16 bits per heavy atom. The number of hydrogen-bond donors (Lipinski definition) is 2. The molecule has 12 nitrogen and oxygen atoms in total. The molecule has 4 aliphatic rings. The molecule has 2 atom stereocenters. The number of rotatable bonds is 14. The van der Waals surface area contributed by atoms with Gasteiger partial charge in [0, 0.05) is 4.90 Å². The molecule has 15 heteroatoms. The van der Waals surface area contributed by atoms with Crippen LogP contribution in [0.15, 0.2) is 147 Å². The standard InChI is InChI=1S/C49H43NO11S3/c1-31-6-13-37(14-7-31)57-43-4-3-5-44(42(43)29-50)58-38-15-9-35(10-16-38)48-25-33-22-34(26-48)28-49(27-33,30-48)36-11-17-39(18-12-36)59-45-21-20-41(24-47(45)64(54,55)56)63(52,53)40-19-8-32(2)46(23-40)62-61-60-51/h3-21,23-24,33-34,51H,22,25-28,30H2,1-2H3,(H,54,55,56). The molecule has 0 heterocycles. The Bertz CT molecular complexity index is 2990. The monoisotopic (exact) mass is 917 g/mol. The summed E-state index contributed by atoms with van der Waals surface area (Å²) in [5.74, 6) is 3.28. The van der Waals surface area contributed by atoms with Crippen LogP contribution < -0.4 is 14.2 Å². The van der Waals surface area contributed by atoms with Gasteiger partial charge in [-0.25, -0.2) is 13.7 Å². The number of benzene rings is 6. The van der Waals surface area contributed by atoms with Gasteiger partial charge in [0.25, 0.3) is 10.1 Å². The van der Waals surface area contributed by atoms with Gasteiger partial charge in [-0.2, -0.15) is 13.7 Å². The molecule has 6 aromatic carbocycles. The van der Waals surface area contributed by atoms with Gasteiger partial charge in [0.1, 0.15) is 51.0 Å². The van der Waals surface area contributed by atoms with Crippen LogP contribution in [0.5, 0.6) is 34.5 Å². The highest BCUT2D eigenvalue weighted by Crippen LogP contribution is 2.66. The quantitative estimate of drug-likeness (QED) is 0.0457. The molecule has 2 unspecified atom stereocenters. The molecule has 2 N–H and O–H groups in total. The van der Waals surface area contributed by atoms with Crippen LogP contribution in [0.25, 0.3) is 0 Å². The lowest BCUT2D eigenvalue weighted by Crippen LogP contribution is -2.55. The third-order valence-corrected chi connectivity index (χ3v) is 16.3. The summed E-state index contributed by atoms with van der Waals surface area (Å²) in [7, 11) is -9.22. The van der Waals surface area contributed by atoms with E-state index < -0.39 is 24.9 Å². The average Bonchev–Trinajstić information content (AvgIpc) is 3.26. The van der Waals surface area contributed by atoms with Crippen LogP contribution in [0.1, 0.15) is 66.3 Å². The van der Waals surface area contributed by atoms with Crippen molar-refractivity contribution in [3.63, 3.8) is 0 Å². The minimum atomic E-state index is -4.94. The Hall–Kier alpha value is -5.70. The van der Waals surface area contributed by atoms with Crippen molar-refractivity contribution in [1.29, 1.82) is 5.26 Å². The lowest BCUT2D eigenvalue weighted by Gasteiger charge is -2.62. The van der Waals surface area contributed by atoms with E-state index in [2.05, 4.69) is 27.6 Å². The Kier molecular flexibility index (Phi) is 11.6. The van der Waals surface area contributed by atoms with Gasteiger partial charge in [-0.05, 0) is 171 Å². The van der Waals surface area contributed by atoms with Crippen molar-refractivity contribution in [3.05, 3.63) is 155 Å². The fourth-order valence-corrected chi connectivity index (χ4v) is 13.0. The van der Waals surface area contributed by atoms with Crippen LogP contribution in [0.4, 0.5) is 0 Å². The van der Waals surface area contributed by atoms with Gasteiger partial charge < -0.3 is 14.2 Å². The first kappa shape index (κ1) is 43.5. The van der Waals surface area contributed by atoms with Crippen molar-refractivity contribution < 1.29 is 50.2 Å². The number of aryl methyl sites for hydroxylation is 2. The molecule has 4 saturated carbocycles. The summed E-state index contributed by atoms with van der Waals surface area (Å²) in [6.07, 6.45) is 6.51. The smallest absolute Gasteiger partial charge is 0.298 e. The van der Waals surface area contributed by atoms with E-state index in [1.54, 1.807) is 31.2 Å². The van der Waals surface area contributed by atoms with Crippen molar-refractivity contribution in [2.75, 3.05) is 0 Å². The molecule has 64 heavy (non-hydrogen) atoms. The van der Waals surface area contributed by atoms with E-state index in [4.69, 9.17) is 19.5 Å². The molecular formula is C49H43NO11S3.